The largest absolute Gasteiger partial charge is 0.490 e. The molecule has 0 saturated heterocycles. The van der Waals surface area contributed by atoms with E-state index in [4.69, 9.17) is 9.47 Å². The molecule has 2 aromatic heterocycles. The lowest BCUT2D eigenvalue weighted by molar-refractivity contribution is 0.217. The number of fused-ring (bicyclic) bond motifs is 1. The highest BCUT2D eigenvalue weighted by Crippen LogP contribution is 2.26. The number of nitrogens with zero attached hydrogens (tertiary/aromatic N) is 1. The third-order valence-corrected chi connectivity index (χ3v) is 4.47. The van der Waals surface area contributed by atoms with Crippen molar-refractivity contribution in [3.8, 4) is 11.5 Å². The SMILES string of the molecule is CNC(=O)NCCc1c(C)[nH]c2ccc(OCCOc3ccnc(C)c3)cc12. The molecule has 148 valence electrons. The molecular formula is C21H26N4O3. The summed E-state index contributed by atoms with van der Waals surface area (Å²) in [6, 6.07) is 9.55. The third kappa shape index (κ3) is 4.94. The smallest absolute Gasteiger partial charge is 0.314 e. The van der Waals surface area contributed by atoms with Crippen LogP contribution in [0.25, 0.3) is 10.9 Å². The number of urea groups is 1. The van der Waals surface area contributed by atoms with Crippen LogP contribution in [0.4, 0.5) is 4.79 Å². The molecule has 2 amide bonds. The van der Waals surface area contributed by atoms with E-state index < -0.39 is 0 Å². The first kappa shape index (κ1) is 19.5. The van der Waals surface area contributed by atoms with Crippen LogP contribution in [0.5, 0.6) is 11.5 Å². The van der Waals surface area contributed by atoms with Gasteiger partial charge in [0.25, 0.3) is 0 Å². The van der Waals surface area contributed by atoms with Gasteiger partial charge < -0.3 is 25.1 Å². The molecule has 0 spiro atoms. The number of carbonyl (C=O) groups excluding carboxylic acids is 1. The van der Waals surface area contributed by atoms with Crippen molar-refractivity contribution in [2.75, 3.05) is 26.8 Å². The van der Waals surface area contributed by atoms with Gasteiger partial charge >= 0.3 is 6.03 Å². The van der Waals surface area contributed by atoms with E-state index in [1.807, 2.05) is 44.2 Å². The van der Waals surface area contributed by atoms with Crippen LogP contribution in [0.3, 0.4) is 0 Å². The molecular weight excluding hydrogens is 356 g/mol. The van der Waals surface area contributed by atoms with E-state index in [0.717, 1.165) is 40.2 Å². The van der Waals surface area contributed by atoms with Gasteiger partial charge in [0.2, 0.25) is 0 Å². The standard InChI is InChI=1S/C21H26N4O3/c1-14-12-17(6-8-23-14)28-11-10-27-16-4-5-20-19(13-16)18(15(2)25-20)7-9-24-21(26)22-3/h4-6,8,12-13,25H,7,9-11H2,1-3H3,(H2,22,24,26). The zero-order valence-electron chi connectivity index (χ0n) is 16.5. The highest BCUT2D eigenvalue weighted by Gasteiger charge is 2.10. The van der Waals surface area contributed by atoms with Gasteiger partial charge in [-0.15, -0.1) is 0 Å². The summed E-state index contributed by atoms with van der Waals surface area (Å²) >= 11 is 0. The normalized spacial score (nSPS) is 10.7. The van der Waals surface area contributed by atoms with Gasteiger partial charge in [-0.25, -0.2) is 4.79 Å². The summed E-state index contributed by atoms with van der Waals surface area (Å²) in [7, 11) is 1.61. The van der Waals surface area contributed by atoms with Gasteiger partial charge in [-0.3, -0.25) is 4.98 Å². The lowest BCUT2D eigenvalue weighted by atomic mass is 10.1. The summed E-state index contributed by atoms with van der Waals surface area (Å²) in [5.41, 5.74) is 4.26. The molecule has 0 fully saturated rings. The third-order valence-electron chi connectivity index (χ3n) is 4.47. The molecule has 7 heteroatoms. The van der Waals surface area contributed by atoms with Crippen molar-refractivity contribution in [1.82, 2.24) is 20.6 Å². The first-order chi connectivity index (χ1) is 13.6. The van der Waals surface area contributed by atoms with Gasteiger partial charge in [0.15, 0.2) is 0 Å². The van der Waals surface area contributed by atoms with Gasteiger partial charge in [-0.2, -0.15) is 0 Å². The molecule has 1 aromatic carbocycles. The fourth-order valence-electron chi connectivity index (χ4n) is 3.09. The second-order valence-corrected chi connectivity index (χ2v) is 6.52. The monoisotopic (exact) mass is 382 g/mol. The number of pyridine rings is 1. The van der Waals surface area contributed by atoms with E-state index in [-0.39, 0.29) is 6.03 Å². The zero-order chi connectivity index (χ0) is 19.9. The molecule has 3 rings (SSSR count). The number of hydrogen-bond acceptors (Lipinski definition) is 4. The minimum Gasteiger partial charge on any atom is -0.490 e. The Hall–Kier alpha value is -3.22. The van der Waals surface area contributed by atoms with E-state index in [2.05, 4.69) is 20.6 Å². The maximum Gasteiger partial charge on any atom is 0.314 e. The number of amides is 2. The molecule has 0 unspecified atom stereocenters. The molecule has 0 radical (unpaired) electrons. The Morgan fingerprint density at radius 2 is 1.86 bits per heavy atom. The van der Waals surface area contributed by atoms with Crippen LogP contribution in [0.1, 0.15) is 17.0 Å². The number of aromatic nitrogens is 2. The molecule has 0 saturated carbocycles. The second kappa shape index (κ2) is 9.12. The molecule has 0 aliphatic heterocycles. The quantitative estimate of drug-likeness (QED) is 0.522. The van der Waals surface area contributed by atoms with Crippen LogP contribution in [0.2, 0.25) is 0 Å². The Morgan fingerprint density at radius 1 is 1.11 bits per heavy atom. The first-order valence-corrected chi connectivity index (χ1v) is 9.32. The topological polar surface area (TPSA) is 88.3 Å². The number of hydrogen-bond donors (Lipinski definition) is 3. The minimum atomic E-state index is -0.175. The van der Waals surface area contributed by atoms with Crippen LogP contribution in [0.15, 0.2) is 36.5 Å². The Morgan fingerprint density at radius 3 is 2.57 bits per heavy atom. The van der Waals surface area contributed by atoms with Gasteiger partial charge in [-0.1, -0.05) is 0 Å². The molecule has 0 atom stereocenters. The molecule has 2 heterocycles. The second-order valence-electron chi connectivity index (χ2n) is 6.52. The van der Waals surface area contributed by atoms with Crippen LogP contribution in [-0.2, 0) is 6.42 Å². The number of carbonyl (C=O) groups is 1. The number of rotatable bonds is 8. The van der Waals surface area contributed by atoms with Crippen molar-refractivity contribution in [2.24, 2.45) is 0 Å². The van der Waals surface area contributed by atoms with E-state index in [9.17, 15) is 4.79 Å². The van der Waals surface area contributed by atoms with Crippen LogP contribution in [0, 0.1) is 13.8 Å². The van der Waals surface area contributed by atoms with Crippen LogP contribution in [-0.4, -0.2) is 42.8 Å². The molecule has 3 N–H and O–H groups in total. The van der Waals surface area contributed by atoms with Crippen molar-refractivity contribution in [1.29, 1.82) is 0 Å². The maximum atomic E-state index is 11.3. The number of aromatic amines is 1. The average molecular weight is 382 g/mol. The number of aryl methyl sites for hydroxylation is 2. The van der Waals surface area contributed by atoms with Gasteiger partial charge in [0, 0.05) is 48.1 Å². The van der Waals surface area contributed by atoms with Crippen molar-refractivity contribution in [2.45, 2.75) is 20.3 Å². The Kier molecular flexibility index (Phi) is 6.37. The summed E-state index contributed by atoms with van der Waals surface area (Å²) in [5, 5.41) is 6.49. The molecule has 0 aliphatic rings. The predicted molar refractivity (Wildman–Crippen MR) is 109 cm³/mol. The van der Waals surface area contributed by atoms with Crippen molar-refractivity contribution < 1.29 is 14.3 Å². The fraction of sp³-hybridized carbons (Fsp3) is 0.333. The lowest BCUT2D eigenvalue weighted by Gasteiger charge is -2.09. The van der Waals surface area contributed by atoms with Crippen molar-refractivity contribution in [3.63, 3.8) is 0 Å². The molecule has 0 bridgehead atoms. The molecule has 28 heavy (non-hydrogen) atoms. The number of ether oxygens (including phenoxy) is 2. The van der Waals surface area contributed by atoms with E-state index in [1.54, 1.807) is 13.2 Å². The van der Waals surface area contributed by atoms with Crippen molar-refractivity contribution >= 4 is 16.9 Å². The minimum absolute atomic E-state index is 0.175. The summed E-state index contributed by atoms with van der Waals surface area (Å²) in [5.74, 6) is 1.58. The summed E-state index contributed by atoms with van der Waals surface area (Å²) < 4.78 is 11.5. The average Bonchev–Trinajstić information content (AvgIpc) is 3.00. The summed E-state index contributed by atoms with van der Waals surface area (Å²) in [6.07, 6.45) is 2.47. The van der Waals surface area contributed by atoms with Crippen LogP contribution >= 0.6 is 0 Å². The first-order valence-electron chi connectivity index (χ1n) is 9.32. The van der Waals surface area contributed by atoms with E-state index in [0.29, 0.717) is 19.8 Å². The number of benzene rings is 1. The Bertz CT molecular complexity index is 952. The highest BCUT2D eigenvalue weighted by molar-refractivity contribution is 5.86. The Balaban J connectivity index is 1.59. The van der Waals surface area contributed by atoms with Gasteiger partial charge in [0.1, 0.15) is 24.7 Å². The van der Waals surface area contributed by atoms with Gasteiger partial charge in [-0.05, 0) is 50.1 Å². The molecule has 7 nitrogen and oxygen atoms in total. The highest BCUT2D eigenvalue weighted by atomic mass is 16.5. The van der Waals surface area contributed by atoms with Crippen LogP contribution < -0.4 is 20.1 Å². The predicted octanol–water partition coefficient (Wildman–Crippen LogP) is 3.11. The van der Waals surface area contributed by atoms with E-state index in [1.165, 1.54) is 5.56 Å². The maximum absolute atomic E-state index is 11.3. The van der Waals surface area contributed by atoms with E-state index >= 15 is 0 Å². The number of nitrogens with one attached hydrogen (secondary N) is 3. The number of H-pyrrole nitrogens is 1. The zero-order valence-corrected chi connectivity index (χ0v) is 16.5. The summed E-state index contributed by atoms with van der Waals surface area (Å²) in [6.45, 7) is 5.44. The Labute approximate surface area is 164 Å². The lowest BCUT2D eigenvalue weighted by Crippen LogP contribution is -2.34. The molecule has 3 aromatic rings. The summed E-state index contributed by atoms with van der Waals surface area (Å²) in [4.78, 5) is 18.9. The van der Waals surface area contributed by atoms with Crippen molar-refractivity contribution in [3.05, 3.63) is 53.5 Å². The fourth-order valence-corrected chi connectivity index (χ4v) is 3.09. The molecule has 0 aliphatic carbocycles. The van der Waals surface area contributed by atoms with Gasteiger partial charge in [0.05, 0.1) is 0 Å².